The second-order valence-corrected chi connectivity index (χ2v) is 5.26. The molecule has 104 valence electrons. The zero-order chi connectivity index (χ0) is 13.6. The van der Waals surface area contributed by atoms with Crippen LogP contribution in [-0.4, -0.2) is 48.4 Å². The van der Waals surface area contributed by atoms with Crippen LogP contribution in [0.4, 0.5) is 0 Å². The second-order valence-electron chi connectivity index (χ2n) is 4.26. The molecule has 0 saturated carbocycles. The van der Waals surface area contributed by atoms with Crippen molar-refractivity contribution < 1.29 is 19.4 Å². The summed E-state index contributed by atoms with van der Waals surface area (Å²) in [5.41, 5.74) is 0. The first-order valence-corrected chi connectivity index (χ1v) is 7.00. The SMILES string of the molecule is C=CSCC(NC)C1(O)C[C@H](OC(C)=O)CCO1. The van der Waals surface area contributed by atoms with Crippen LogP contribution in [0.5, 0.6) is 0 Å². The average Bonchev–Trinajstić information content (AvgIpc) is 2.29. The summed E-state index contributed by atoms with van der Waals surface area (Å²) >= 11 is 1.50. The van der Waals surface area contributed by atoms with Crippen LogP contribution in [0.2, 0.25) is 0 Å². The van der Waals surface area contributed by atoms with Gasteiger partial charge in [0.25, 0.3) is 0 Å². The quantitative estimate of drug-likeness (QED) is 0.702. The van der Waals surface area contributed by atoms with Gasteiger partial charge < -0.3 is 19.9 Å². The van der Waals surface area contributed by atoms with Gasteiger partial charge in [0.2, 0.25) is 0 Å². The molecule has 5 nitrogen and oxygen atoms in total. The van der Waals surface area contributed by atoms with Gasteiger partial charge in [-0.25, -0.2) is 0 Å². The minimum atomic E-state index is -1.30. The number of nitrogens with one attached hydrogen (secondary N) is 1. The zero-order valence-corrected chi connectivity index (χ0v) is 11.7. The number of rotatable bonds is 6. The lowest BCUT2D eigenvalue weighted by atomic mass is 9.96. The number of likely N-dealkylation sites (N-methyl/N-ethyl adjacent to an activating group) is 1. The van der Waals surface area contributed by atoms with E-state index >= 15 is 0 Å². The predicted molar refractivity (Wildman–Crippen MR) is 71.2 cm³/mol. The Morgan fingerprint density at radius 1 is 1.83 bits per heavy atom. The van der Waals surface area contributed by atoms with Crippen LogP contribution in [0.25, 0.3) is 0 Å². The van der Waals surface area contributed by atoms with Crippen LogP contribution >= 0.6 is 11.8 Å². The Hall–Kier alpha value is -0.560. The Balaban J connectivity index is 2.64. The lowest BCUT2D eigenvalue weighted by Crippen LogP contribution is -2.57. The van der Waals surface area contributed by atoms with Crippen molar-refractivity contribution in [2.75, 3.05) is 19.4 Å². The maximum Gasteiger partial charge on any atom is 0.302 e. The van der Waals surface area contributed by atoms with E-state index in [1.807, 2.05) is 0 Å². The zero-order valence-electron chi connectivity index (χ0n) is 10.8. The summed E-state index contributed by atoms with van der Waals surface area (Å²) < 4.78 is 10.6. The summed E-state index contributed by atoms with van der Waals surface area (Å²) in [6.07, 6.45) is 0.619. The van der Waals surface area contributed by atoms with Crippen molar-refractivity contribution in [3.05, 3.63) is 12.0 Å². The molecule has 0 aromatic heterocycles. The maximum absolute atomic E-state index is 11.0. The van der Waals surface area contributed by atoms with E-state index < -0.39 is 5.79 Å². The molecule has 1 aliphatic heterocycles. The van der Waals surface area contributed by atoms with E-state index in [1.165, 1.54) is 18.7 Å². The summed E-state index contributed by atoms with van der Waals surface area (Å²) in [4.78, 5) is 11.0. The minimum absolute atomic E-state index is 0.237. The number of carbonyl (C=O) groups is 1. The smallest absolute Gasteiger partial charge is 0.302 e. The molecular weight excluding hydrogens is 254 g/mol. The van der Waals surface area contributed by atoms with Gasteiger partial charge in [0, 0.05) is 25.5 Å². The molecule has 2 N–H and O–H groups in total. The number of hydrogen-bond donors (Lipinski definition) is 2. The number of aliphatic hydroxyl groups is 1. The summed E-state index contributed by atoms with van der Waals surface area (Å²) in [7, 11) is 1.77. The van der Waals surface area contributed by atoms with Crippen molar-refractivity contribution in [2.45, 2.75) is 37.7 Å². The highest BCUT2D eigenvalue weighted by atomic mass is 32.2. The Labute approximate surface area is 112 Å². The number of esters is 1. The first-order valence-electron chi connectivity index (χ1n) is 5.95. The van der Waals surface area contributed by atoms with Crippen LogP contribution in [0.3, 0.4) is 0 Å². The third kappa shape index (κ3) is 4.28. The molecule has 0 radical (unpaired) electrons. The summed E-state index contributed by atoms with van der Waals surface area (Å²) in [5, 5.41) is 15.3. The summed E-state index contributed by atoms with van der Waals surface area (Å²) in [6, 6.07) is -0.237. The van der Waals surface area contributed by atoms with Gasteiger partial charge in [0.15, 0.2) is 5.79 Å². The molecule has 1 fully saturated rings. The van der Waals surface area contributed by atoms with Crippen LogP contribution in [-0.2, 0) is 14.3 Å². The molecular formula is C12H21NO4S. The molecule has 1 saturated heterocycles. The molecule has 0 amide bonds. The summed E-state index contributed by atoms with van der Waals surface area (Å²) in [5.74, 6) is -0.988. The van der Waals surface area contributed by atoms with Gasteiger partial charge in [-0.15, -0.1) is 11.8 Å². The lowest BCUT2D eigenvalue weighted by molar-refractivity contribution is -0.258. The number of ether oxygens (including phenoxy) is 2. The molecule has 0 aliphatic carbocycles. The molecule has 3 atom stereocenters. The van der Waals surface area contributed by atoms with Crippen LogP contribution in [0, 0.1) is 0 Å². The highest BCUT2D eigenvalue weighted by Gasteiger charge is 2.43. The molecule has 0 aromatic rings. The van der Waals surface area contributed by atoms with Crippen molar-refractivity contribution in [2.24, 2.45) is 0 Å². The number of thioether (sulfide) groups is 1. The minimum Gasteiger partial charge on any atom is -0.462 e. The topological polar surface area (TPSA) is 67.8 Å². The Morgan fingerprint density at radius 3 is 3.11 bits per heavy atom. The van der Waals surface area contributed by atoms with Gasteiger partial charge in [0.1, 0.15) is 6.10 Å². The Bertz CT molecular complexity index is 300. The molecule has 0 spiro atoms. The molecule has 1 rings (SSSR count). The second kappa shape index (κ2) is 7.13. The van der Waals surface area contributed by atoms with E-state index in [2.05, 4.69) is 11.9 Å². The van der Waals surface area contributed by atoms with Crippen LogP contribution < -0.4 is 5.32 Å². The largest absolute Gasteiger partial charge is 0.462 e. The van der Waals surface area contributed by atoms with E-state index in [4.69, 9.17) is 9.47 Å². The highest BCUT2D eigenvalue weighted by molar-refractivity contribution is 8.02. The lowest BCUT2D eigenvalue weighted by Gasteiger charge is -2.41. The molecule has 18 heavy (non-hydrogen) atoms. The molecule has 1 heterocycles. The normalized spacial score (nSPS) is 29.6. The number of hydrogen-bond acceptors (Lipinski definition) is 6. The highest BCUT2D eigenvalue weighted by Crippen LogP contribution is 2.29. The average molecular weight is 275 g/mol. The fraction of sp³-hybridized carbons (Fsp3) is 0.750. The van der Waals surface area contributed by atoms with Gasteiger partial charge in [-0.05, 0) is 12.5 Å². The van der Waals surface area contributed by atoms with Crippen molar-refractivity contribution in [3.63, 3.8) is 0 Å². The van der Waals surface area contributed by atoms with E-state index in [-0.39, 0.29) is 24.5 Å². The van der Waals surface area contributed by atoms with Crippen molar-refractivity contribution in [1.82, 2.24) is 5.32 Å². The van der Waals surface area contributed by atoms with Crippen LogP contribution in [0.15, 0.2) is 12.0 Å². The van der Waals surface area contributed by atoms with Gasteiger partial charge in [-0.3, -0.25) is 4.79 Å². The first-order chi connectivity index (χ1) is 8.51. The third-order valence-corrected chi connectivity index (χ3v) is 3.68. The monoisotopic (exact) mass is 275 g/mol. The Morgan fingerprint density at radius 2 is 2.56 bits per heavy atom. The third-order valence-electron chi connectivity index (χ3n) is 2.92. The van der Waals surface area contributed by atoms with Crippen molar-refractivity contribution >= 4 is 17.7 Å². The molecule has 0 bridgehead atoms. The maximum atomic E-state index is 11.0. The number of carbonyl (C=O) groups excluding carboxylic acids is 1. The fourth-order valence-corrected chi connectivity index (χ4v) is 2.79. The van der Waals surface area contributed by atoms with E-state index in [0.29, 0.717) is 18.8 Å². The summed E-state index contributed by atoms with van der Waals surface area (Å²) in [6.45, 7) is 5.39. The van der Waals surface area contributed by atoms with E-state index in [1.54, 1.807) is 12.5 Å². The predicted octanol–water partition coefficient (Wildman–Crippen LogP) is 0.882. The van der Waals surface area contributed by atoms with Gasteiger partial charge >= 0.3 is 5.97 Å². The van der Waals surface area contributed by atoms with Crippen LogP contribution in [0.1, 0.15) is 19.8 Å². The van der Waals surface area contributed by atoms with Crippen molar-refractivity contribution in [3.8, 4) is 0 Å². The van der Waals surface area contributed by atoms with Gasteiger partial charge in [-0.1, -0.05) is 6.58 Å². The molecule has 0 aromatic carbocycles. The molecule has 1 aliphatic rings. The fourth-order valence-electron chi connectivity index (χ4n) is 2.04. The molecule has 2 unspecified atom stereocenters. The van der Waals surface area contributed by atoms with Crippen molar-refractivity contribution in [1.29, 1.82) is 0 Å². The molecule has 6 heteroatoms. The van der Waals surface area contributed by atoms with E-state index in [0.717, 1.165) is 0 Å². The van der Waals surface area contributed by atoms with Gasteiger partial charge in [0.05, 0.1) is 12.6 Å². The standard InChI is InChI=1S/C12H21NO4S/c1-4-18-8-11(13-3)12(15)7-10(5-6-16-12)17-9(2)14/h4,10-11,13,15H,1,5-8H2,2-3H3/t10-,11?,12?/m1/s1. The first kappa shape index (κ1) is 15.5. The van der Waals surface area contributed by atoms with Gasteiger partial charge in [-0.2, -0.15) is 0 Å². The van der Waals surface area contributed by atoms with E-state index in [9.17, 15) is 9.90 Å². The Kier molecular flexibility index (Phi) is 6.14.